The molecule has 0 unspecified atom stereocenters. The molecule has 0 aliphatic rings. The van der Waals surface area contributed by atoms with Gasteiger partial charge in [-0.2, -0.15) is 0 Å². The zero-order chi connectivity index (χ0) is 6.73. The molecular formula is C5H7CoO2. The van der Waals surface area contributed by atoms with Crippen molar-refractivity contribution in [3.05, 3.63) is 10.1 Å². The fourth-order valence-electron chi connectivity index (χ4n) is 0.143. The molecule has 8 heavy (non-hydrogen) atoms. The number of carboxylic acid groups (broad SMARTS) is 1. The molecule has 0 rings (SSSR count). The summed E-state index contributed by atoms with van der Waals surface area (Å²) in [6.07, 6.45) is 0. The first-order valence-electron chi connectivity index (χ1n) is 2.09. The van der Waals surface area contributed by atoms with Gasteiger partial charge in [-0.1, -0.05) is 0 Å². The molecule has 0 aromatic carbocycles. The molecule has 0 atom stereocenters. The molecule has 0 radical (unpaired) electrons. The Hall–Kier alpha value is -0.284. The van der Waals surface area contributed by atoms with Gasteiger partial charge in [-0.25, -0.2) is 0 Å². The Balaban J connectivity index is 4.23. The third-order valence-corrected chi connectivity index (χ3v) is 1.21. The quantitative estimate of drug-likeness (QED) is 0.576. The van der Waals surface area contributed by atoms with Crippen molar-refractivity contribution < 1.29 is 25.6 Å². The zero-order valence-corrected chi connectivity index (χ0v) is 5.73. The Morgan fingerprint density at radius 3 is 1.88 bits per heavy atom. The topological polar surface area (TPSA) is 37.3 Å². The molecule has 0 aliphatic carbocycles. The summed E-state index contributed by atoms with van der Waals surface area (Å²) < 4.78 is 0.546. The zero-order valence-electron chi connectivity index (χ0n) is 4.69. The Morgan fingerprint density at radius 2 is 1.88 bits per heavy atom. The van der Waals surface area contributed by atoms with Gasteiger partial charge in [-0.3, -0.25) is 0 Å². The van der Waals surface area contributed by atoms with Crippen LogP contribution in [0.5, 0.6) is 0 Å². The second-order valence-electron chi connectivity index (χ2n) is 1.43. The van der Waals surface area contributed by atoms with E-state index in [9.17, 15) is 4.79 Å². The average Bonchev–Trinajstić information content (AvgIpc) is 1.64. The van der Waals surface area contributed by atoms with Crippen LogP contribution in [-0.4, -0.2) is 11.1 Å². The summed E-state index contributed by atoms with van der Waals surface area (Å²) in [6, 6.07) is 0. The van der Waals surface area contributed by atoms with Crippen LogP contribution in [0.2, 0.25) is 0 Å². The number of hydrogen-bond donors (Lipinski definition) is 1. The summed E-state index contributed by atoms with van der Waals surface area (Å²) in [5.74, 6) is -0.907. The van der Waals surface area contributed by atoms with E-state index >= 15 is 0 Å². The van der Waals surface area contributed by atoms with Gasteiger partial charge in [0.1, 0.15) is 0 Å². The van der Waals surface area contributed by atoms with Crippen molar-refractivity contribution in [2.45, 2.75) is 13.8 Å². The minimum atomic E-state index is -0.907. The molecule has 0 heterocycles. The minimum absolute atomic E-state index is 0.296. The first-order chi connectivity index (χ1) is 3.55. The average molecular weight is 158 g/mol. The van der Waals surface area contributed by atoms with Crippen LogP contribution in [0.15, 0.2) is 10.1 Å². The second kappa shape index (κ2) is 2.89. The third kappa shape index (κ3) is 2.14. The molecular weight excluding hydrogens is 151 g/mol. The molecule has 0 aromatic heterocycles. The fourth-order valence-corrected chi connectivity index (χ4v) is 0.254. The van der Waals surface area contributed by atoms with Crippen molar-refractivity contribution in [3.8, 4) is 0 Å². The van der Waals surface area contributed by atoms with Gasteiger partial charge < -0.3 is 0 Å². The standard InChI is InChI=1S/C5H7O2.Co/c1-3-4(2)5(6)7;/h1-2H3,(H,6,7);. The third-order valence-electron chi connectivity index (χ3n) is 0.821. The van der Waals surface area contributed by atoms with Gasteiger partial charge in [0.25, 0.3) is 0 Å². The van der Waals surface area contributed by atoms with Gasteiger partial charge in [-0.05, 0) is 0 Å². The van der Waals surface area contributed by atoms with Gasteiger partial charge in [0.05, 0.1) is 0 Å². The van der Waals surface area contributed by atoms with Crippen LogP contribution < -0.4 is 0 Å². The Kier molecular flexibility index (Phi) is 2.79. The van der Waals surface area contributed by atoms with Gasteiger partial charge >= 0.3 is 55.5 Å². The summed E-state index contributed by atoms with van der Waals surface area (Å²) >= 11 is 3.88. The van der Waals surface area contributed by atoms with Gasteiger partial charge in [0, 0.05) is 0 Å². The van der Waals surface area contributed by atoms with Crippen molar-refractivity contribution >= 4 is 5.97 Å². The summed E-state index contributed by atoms with van der Waals surface area (Å²) in [5.41, 5.74) is 0.296. The van der Waals surface area contributed by atoms with Crippen LogP contribution in [0.3, 0.4) is 0 Å². The molecule has 48 valence electrons. The SMILES string of the molecule is C[C]([Co])=C(C)C(=O)O. The van der Waals surface area contributed by atoms with Crippen molar-refractivity contribution in [1.82, 2.24) is 0 Å². The van der Waals surface area contributed by atoms with E-state index in [-0.39, 0.29) is 0 Å². The molecule has 0 aromatic rings. The first kappa shape index (κ1) is 7.72. The number of allylic oxidation sites excluding steroid dienone is 1. The molecule has 1 N–H and O–H groups in total. The maximum absolute atomic E-state index is 10.0. The number of carbonyl (C=O) groups is 1. The molecule has 0 spiro atoms. The fraction of sp³-hybridized carbons (Fsp3) is 0.400. The van der Waals surface area contributed by atoms with Gasteiger partial charge in [0.15, 0.2) is 0 Å². The van der Waals surface area contributed by atoms with Crippen LogP contribution in [0.1, 0.15) is 13.8 Å². The molecule has 0 saturated carbocycles. The second-order valence-corrected chi connectivity index (χ2v) is 2.21. The Morgan fingerprint density at radius 1 is 1.50 bits per heavy atom. The van der Waals surface area contributed by atoms with E-state index in [2.05, 4.69) is 15.7 Å². The predicted molar refractivity (Wildman–Crippen MR) is 26.0 cm³/mol. The summed E-state index contributed by atoms with van der Waals surface area (Å²) in [5, 5.41) is 8.24. The monoisotopic (exact) mass is 158 g/mol. The van der Waals surface area contributed by atoms with Crippen molar-refractivity contribution in [3.63, 3.8) is 0 Å². The van der Waals surface area contributed by atoms with Crippen LogP contribution in [0.25, 0.3) is 0 Å². The van der Waals surface area contributed by atoms with E-state index in [1.54, 1.807) is 6.92 Å². The summed E-state index contributed by atoms with van der Waals surface area (Å²) in [6.45, 7) is 3.16. The molecule has 3 heteroatoms. The van der Waals surface area contributed by atoms with Crippen molar-refractivity contribution in [2.24, 2.45) is 0 Å². The summed E-state index contributed by atoms with van der Waals surface area (Å²) in [7, 11) is 0. The number of hydrogen-bond acceptors (Lipinski definition) is 1. The van der Waals surface area contributed by atoms with Gasteiger partial charge in [-0.15, -0.1) is 0 Å². The maximum atomic E-state index is 10.0. The van der Waals surface area contributed by atoms with E-state index < -0.39 is 5.97 Å². The van der Waals surface area contributed by atoms with Crippen molar-refractivity contribution in [2.75, 3.05) is 0 Å². The van der Waals surface area contributed by atoms with E-state index in [1.165, 1.54) is 6.92 Å². The molecule has 0 fully saturated rings. The van der Waals surface area contributed by atoms with E-state index in [4.69, 9.17) is 5.11 Å². The van der Waals surface area contributed by atoms with Crippen LogP contribution >= 0.6 is 0 Å². The molecule has 0 bridgehead atoms. The van der Waals surface area contributed by atoms with Crippen molar-refractivity contribution in [1.29, 1.82) is 0 Å². The first-order valence-corrected chi connectivity index (χ1v) is 2.61. The molecule has 0 amide bonds. The Bertz CT molecular complexity index is 133. The van der Waals surface area contributed by atoms with Gasteiger partial charge in [0.2, 0.25) is 0 Å². The molecule has 0 saturated heterocycles. The predicted octanol–water partition coefficient (Wildman–Crippen LogP) is 0.912. The number of carboxylic acids is 1. The number of rotatable bonds is 1. The molecule has 2 nitrogen and oxygen atoms in total. The van der Waals surface area contributed by atoms with E-state index in [0.717, 1.165) is 0 Å². The van der Waals surface area contributed by atoms with Crippen LogP contribution in [-0.2, 0) is 20.5 Å². The normalized spacial score (nSPS) is 13.0. The summed E-state index contributed by atoms with van der Waals surface area (Å²) in [4.78, 5) is 10.0. The van der Waals surface area contributed by atoms with E-state index in [1.807, 2.05) is 0 Å². The Labute approximate surface area is 56.2 Å². The van der Waals surface area contributed by atoms with E-state index in [0.29, 0.717) is 10.1 Å². The number of aliphatic carboxylic acids is 1. The molecule has 0 aliphatic heterocycles. The van der Waals surface area contributed by atoms with Crippen LogP contribution in [0.4, 0.5) is 0 Å². The van der Waals surface area contributed by atoms with Crippen LogP contribution in [0, 0.1) is 0 Å².